The summed E-state index contributed by atoms with van der Waals surface area (Å²) >= 11 is 0. The number of carbonyl (C=O) groups excluding carboxylic acids is 5. The molecule has 1 aromatic carbocycles. The van der Waals surface area contributed by atoms with Crippen LogP contribution in [0.2, 0.25) is 0 Å². The summed E-state index contributed by atoms with van der Waals surface area (Å²) < 4.78 is 5.30. The first-order valence-electron chi connectivity index (χ1n) is 12.0. The summed E-state index contributed by atoms with van der Waals surface area (Å²) in [5, 5.41) is 2.78. The summed E-state index contributed by atoms with van der Waals surface area (Å²) in [4.78, 5) is 64.7. The molecule has 0 saturated carbocycles. The van der Waals surface area contributed by atoms with Gasteiger partial charge in [-0.25, -0.2) is 4.79 Å². The second kappa shape index (κ2) is 10.5. The second-order valence-electron chi connectivity index (χ2n) is 10.7. The molecule has 0 aromatic heterocycles. The molecule has 8 nitrogen and oxygen atoms in total. The van der Waals surface area contributed by atoms with E-state index < -0.39 is 41.7 Å². The van der Waals surface area contributed by atoms with E-state index >= 15 is 0 Å². The zero-order chi connectivity index (χ0) is 25.9. The highest BCUT2D eigenvalue weighted by atomic mass is 16.5. The van der Waals surface area contributed by atoms with Crippen molar-refractivity contribution in [1.82, 2.24) is 4.90 Å². The van der Waals surface area contributed by atoms with Gasteiger partial charge in [0.2, 0.25) is 17.7 Å². The number of nitrogens with zero attached hydrogens (tertiary/aromatic N) is 1. The summed E-state index contributed by atoms with van der Waals surface area (Å²) in [5.41, 5.74) is 0.316. The summed E-state index contributed by atoms with van der Waals surface area (Å²) in [6, 6.07) is 5.26. The molecule has 3 unspecified atom stereocenters. The van der Waals surface area contributed by atoms with Gasteiger partial charge in [0.15, 0.2) is 12.4 Å². The number of anilines is 1. The Hall–Kier alpha value is -3.29. The van der Waals surface area contributed by atoms with Gasteiger partial charge in [0.05, 0.1) is 11.8 Å². The van der Waals surface area contributed by atoms with Gasteiger partial charge < -0.3 is 10.1 Å². The predicted octanol–water partition coefficient (Wildman–Crippen LogP) is 3.76. The largest absolute Gasteiger partial charge is 0.456 e. The van der Waals surface area contributed by atoms with E-state index in [9.17, 15) is 24.0 Å². The molecule has 3 rings (SSSR count). The van der Waals surface area contributed by atoms with E-state index in [1.165, 1.54) is 0 Å². The van der Waals surface area contributed by atoms with E-state index in [0.717, 1.165) is 4.90 Å². The van der Waals surface area contributed by atoms with Gasteiger partial charge in [-0.15, -0.1) is 0 Å². The number of likely N-dealkylation sites (tertiary alicyclic amines) is 1. The number of allylic oxidation sites excluding steroid dienone is 2. The van der Waals surface area contributed by atoms with Crippen LogP contribution >= 0.6 is 0 Å². The Morgan fingerprint density at radius 2 is 1.54 bits per heavy atom. The van der Waals surface area contributed by atoms with Gasteiger partial charge in [-0.1, -0.05) is 46.8 Å². The molecule has 188 valence electrons. The molecule has 3 amide bonds. The summed E-state index contributed by atoms with van der Waals surface area (Å²) in [6.07, 6.45) is 5.02. The fourth-order valence-corrected chi connectivity index (χ4v) is 4.26. The lowest BCUT2D eigenvalue weighted by atomic mass is 9.85. The maximum atomic E-state index is 13.0. The van der Waals surface area contributed by atoms with Crippen molar-refractivity contribution in [3.8, 4) is 0 Å². The minimum Gasteiger partial charge on any atom is -0.456 e. The highest BCUT2D eigenvalue weighted by Crippen LogP contribution is 2.37. The number of imide groups is 1. The van der Waals surface area contributed by atoms with E-state index in [1.807, 2.05) is 26.0 Å². The molecular formula is C27H34N2O6. The molecule has 0 bridgehead atoms. The standard InChI is InChI=1S/C27H34N2O6/c1-16(2)14-21(29-23(31)19-8-6-7-9-20(19)24(29)32)25(33)35-15-22(30)17-10-12-18(13-11-17)28-26(34)27(3,4)5/h6-7,10-13,16,19-21H,8-9,14-15H2,1-5H3,(H,28,34). The monoisotopic (exact) mass is 482 g/mol. The van der Waals surface area contributed by atoms with Crippen LogP contribution in [0.4, 0.5) is 5.69 Å². The molecule has 3 atom stereocenters. The Balaban J connectivity index is 1.65. The third kappa shape index (κ3) is 6.05. The summed E-state index contributed by atoms with van der Waals surface area (Å²) in [6.45, 7) is 8.68. The molecule has 35 heavy (non-hydrogen) atoms. The number of amides is 3. The summed E-state index contributed by atoms with van der Waals surface area (Å²) in [5.74, 6) is -2.86. The van der Waals surface area contributed by atoms with Gasteiger partial charge in [0.25, 0.3) is 0 Å². The highest BCUT2D eigenvalue weighted by Gasteiger charge is 2.51. The maximum absolute atomic E-state index is 13.0. The first-order chi connectivity index (χ1) is 16.4. The number of Topliss-reactive ketones (excluding diaryl/α,β-unsaturated/α-hetero) is 1. The Morgan fingerprint density at radius 1 is 1.00 bits per heavy atom. The molecular weight excluding hydrogens is 448 g/mol. The van der Waals surface area contributed by atoms with Crippen LogP contribution in [0.25, 0.3) is 0 Å². The molecule has 2 aliphatic rings. The van der Waals surface area contributed by atoms with Crippen molar-refractivity contribution < 1.29 is 28.7 Å². The maximum Gasteiger partial charge on any atom is 0.329 e. The van der Waals surface area contributed by atoms with Crippen molar-refractivity contribution in [3.63, 3.8) is 0 Å². The highest BCUT2D eigenvalue weighted by molar-refractivity contribution is 6.08. The van der Waals surface area contributed by atoms with Gasteiger partial charge in [0, 0.05) is 16.7 Å². The third-order valence-electron chi connectivity index (χ3n) is 6.31. The quantitative estimate of drug-likeness (QED) is 0.261. The molecule has 1 aromatic rings. The van der Waals surface area contributed by atoms with Crippen LogP contribution < -0.4 is 5.32 Å². The number of ether oxygens (including phenoxy) is 1. The van der Waals surface area contributed by atoms with E-state index in [4.69, 9.17) is 4.74 Å². The second-order valence-corrected chi connectivity index (χ2v) is 10.7. The number of nitrogens with one attached hydrogen (secondary N) is 1. The average molecular weight is 483 g/mol. The molecule has 1 aliphatic carbocycles. The SMILES string of the molecule is CC(C)CC(C(=O)OCC(=O)c1ccc(NC(=O)C(C)(C)C)cc1)N1C(=O)C2CC=CCC2C1=O. The van der Waals surface area contributed by atoms with Crippen molar-refractivity contribution in [3.05, 3.63) is 42.0 Å². The molecule has 8 heteroatoms. The smallest absolute Gasteiger partial charge is 0.329 e. The number of carbonyl (C=O) groups is 5. The fourth-order valence-electron chi connectivity index (χ4n) is 4.26. The number of rotatable bonds is 8. The van der Waals surface area contributed by atoms with Crippen LogP contribution in [0.15, 0.2) is 36.4 Å². The zero-order valence-corrected chi connectivity index (χ0v) is 21.0. The Kier molecular flexibility index (Phi) is 7.93. The first-order valence-corrected chi connectivity index (χ1v) is 12.0. The van der Waals surface area contributed by atoms with Crippen LogP contribution in [0.5, 0.6) is 0 Å². The van der Waals surface area contributed by atoms with E-state index in [-0.39, 0.29) is 30.1 Å². The molecule has 1 heterocycles. The van der Waals surface area contributed by atoms with E-state index in [1.54, 1.807) is 45.0 Å². The van der Waals surface area contributed by atoms with Gasteiger partial charge in [-0.2, -0.15) is 0 Å². The number of hydrogen-bond donors (Lipinski definition) is 1. The zero-order valence-electron chi connectivity index (χ0n) is 21.0. The molecule has 0 radical (unpaired) electrons. The van der Waals surface area contributed by atoms with Crippen molar-refractivity contribution in [2.24, 2.45) is 23.2 Å². The Labute approximate surface area is 206 Å². The Bertz CT molecular complexity index is 1010. The molecule has 1 saturated heterocycles. The van der Waals surface area contributed by atoms with E-state index in [2.05, 4.69) is 5.32 Å². The van der Waals surface area contributed by atoms with Gasteiger partial charge >= 0.3 is 5.97 Å². The molecule has 0 spiro atoms. The molecule has 1 fully saturated rings. The number of benzene rings is 1. The minimum absolute atomic E-state index is 0.0282. The lowest BCUT2D eigenvalue weighted by Gasteiger charge is -2.26. The van der Waals surface area contributed by atoms with Crippen LogP contribution in [-0.2, 0) is 23.9 Å². The minimum atomic E-state index is -1.05. The topological polar surface area (TPSA) is 110 Å². The lowest BCUT2D eigenvalue weighted by molar-refractivity contribution is -0.158. The number of hydrogen-bond acceptors (Lipinski definition) is 6. The number of ketones is 1. The van der Waals surface area contributed by atoms with Crippen LogP contribution in [0.1, 0.15) is 64.2 Å². The average Bonchev–Trinajstić information content (AvgIpc) is 3.05. The summed E-state index contributed by atoms with van der Waals surface area (Å²) in [7, 11) is 0. The third-order valence-corrected chi connectivity index (χ3v) is 6.31. The molecule has 1 N–H and O–H groups in total. The molecule has 1 aliphatic heterocycles. The van der Waals surface area contributed by atoms with Crippen LogP contribution in [0.3, 0.4) is 0 Å². The van der Waals surface area contributed by atoms with Gasteiger partial charge in [0.1, 0.15) is 6.04 Å². The van der Waals surface area contributed by atoms with Crippen molar-refractivity contribution in [2.45, 2.75) is 59.9 Å². The van der Waals surface area contributed by atoms with E-state index in [0.29, 0.717) is 24.1 Å². The van der Waals surface area contributed by atoms with Crippen LogP contribution in [0, 0.1) is 23.2 Å². The van der Waals surface area contributed by atoms with Crippen molar-refractivity contribution in [1.29, 1.82) is 0 Å². The van der Waals surface area contributed by atoms with Crippen LogP contribution in [-0.4, -0.2) is 47.0 Å². The van der Waals surface area contributed by atoms with Crippen molar-refractivity contribution >= 4 is 35.2 Å². The van der Waals surface area contributed by atoms with Crippen molar-refractivity contribution in [2.75, 3.05) is 11.9 Å². The fraction of sp³-hybridized carbons (Fsp3) is 0.519. The van der Waals surface area contributed by atoms with Gasteiger partial charge in [-0.05, 0) is 49.4 Å². The Morgan fingerprint density at radius 3 is 2.03 bits per heavy atom. The lowest BCUT2D eigenvalue weighted by Crippen LogP contribution is -2.47. The number of fused-ring (bicyclic) bond motifs is 1. The van der Waals surface area contributed by atoms with Gasteiger partial charge in [-0.3, -0.25) is 24.1 Å². The predicted molar refractivity (Wildman–Crippen MR) is 130 cm³/mol. The number of esters is 1. The normalized spacial score (nSPS) is 20.6. The first kappa shape index (κ1) is 26.3.